The lowest BCUT2D eigenvalue weighted by Gasteiger charge is -2.38. The first kappa shape index (κ1) is 8.72. The van der Waals surface area contributed by atoms with Gasteiger partial charge in [0.05, 0.1) is 6.20 Å². The molecule has 0 spiro atoms. The minimum atomic E-state index is 0.320. The van der Waals surface area contributed by atoms with Crippen LogP contribution in [0, 0.1) is 12.8 Å². The molecule has 72 valence electrons. The average Bonchev–Trinajstić information content (AvgIpc) is 2.43. The van der Waals surface area contributed by atoms with Crippen molar-refractivity contribution in [3.05, 3.63) is 17.5 Å². The summed E-state index contributed by atoms with van der Waals surface area (Å²) in [6.45, 7) is 5.34. The topological polar surface area (TPSA) is 52.2 Å². The first-order chi connectivity index (χ1) is 6.29. The Morgan fingerprint density at radius 3 is 3.00 bits per heavy atom. The van der Waals surface area contributed by atoms with E-state index in [0.717, 1.165) is 25.3 Å². The molecule has 0 aliphatic carbocycles. The summed E-state index contributed by atoms with van der Waals surface area (Å²) in [6, 6.07) is 0. The van der Waals surface area contributed by atoms with Crippen molar-refractivity contribution in [1.29, 1.82) is 0 Å². The zero-order chi connectivity index (χ0) is 9.26. The lowest BCUT2D eigenvalue weighted by Crippen LogP contribution is -2.47. The third-order valence-corrected chi connectivity index (χ3v) is 2.62. The molecule has 2 rings (SSSR count). The quantitative estimate of drug-likeness (QED) is 0.697. The minimum Gasteiger partial charge on any atom is -0.396 e. The Hall–Kier alpha value is -0.870. The first-order valence-electron chi connectivity index (χ1n) is 4.61. The van der Waals surface area contributed by atoms with E-state index in [9.17, 15) is 0 Å². The van der Waals surface area contributed by atoms with Crippen molar-refractivity contribution >= 4 is 0 Å². The highest BCUT2D eigenvalue weighted by atomic mass is 16.3. The molecule has 2 heterocycles. The summed E-state index contributed by atoms with van der Waals surface area (Å²) in [4.78, 5) is 2.32. The second kappa shape index (κ2) is 3.47. The molecule has 1 fully saturated rings. The third-order valence-electron chi connectivity index (χ3n) is 2.62. The molecule has 4 nitrogen and oxygen atoms in total. The number of H-pyrrole nitrogens is 1. The van der Waals surface area contributed by atoms with E-state index < -0.39 is 0 Å². The van der Waals surface area contributed by atoms with Crippen LogP contribution in [0.4, 0.5) is 0 Å². The number of aryl methyl sites for hydroxylation is 1. The Labute approximate surface area is 77.6 Å². The van der Waals surface area contributed by atoms with E-state index in [1.165, 1.54) is 5.56 Å². The van der Waals surface area contributed by atoms with Crippen LogP contribution in [-0.2, 0) is 6.54 Å². The largest absolute Gasteiger partial charge is 0.396 e. The minimum absolute atomic E-state index is 0.320. The van der Waals surface area contributed by atoms with Gasteiger partial charge < -0.3 is 5.11 Å². The number of aromatic nitrogens is 2. The maximum absolute atomic E-state index is 8.84. The van der Waals surface area contributed by atoms with Crippen molar-refractivity contribution < 1.29 is 5.11 Å². The zero-order valence-electron chi connectivity index (χ0n) is 7.82. The molecular weight excluding hydrogens is 166 g/mol. The molecule has 0 bridgehead atoms. The van der Waals surface area contributed by atoms with Crippen LogP contribution in [0.3, 0.4) is 0 Å². The molecule has 1 saturated heterocycles. The van der Waals surface area contributed by atoms with Crippen molar-refractivity contribution in [2.24, 2.45) is 5.92 Å². The Kier molecular flexibility index (Phi) is 2.33. The van der Waals surface area contributed by atoms with Crippen molar-refractivity contribution in [3.8, 4) is 0 Å². The molecule has 1 aromatic rings. The highest BCUT2D eigenvalue weighted by molar-refractivity contribution is 5.14. The van der Waals surface area contributed by atoms with Crippen LogP contribution in [0.15, 0.2) is 6.20 Å². The van der Waals surface area contributed by atoms with Gasteiger partial charge in [-0.05, 0) is 6.92 Å². The number of likely N-dealkylation sites (tertiary alicyclic amines) is 1. The fourth-order valence-corrected chi connectivity index (χ4v) is 1.70. The highest BCUT2D eigenvalue weighted by Gasteiger charge is 2.25. The Bertz CT molecular complexity index is 278. The molecule has 0 saturated carbocycles. The summed E-state index contributed by atoms with van der Waals surface area (Å²) in [7, 11) is 0. The molecule has 0 atom stereocenters. The van der Waals surface area contributed by atoms with Crippen molar-refractivity contribution in [3.63, 3.8) is 0 Å². The normalized spacial score (nSPS) is 18.9. The lowest BCUT2D eigenvalue weighted by molar-refractivity contribution is 0.0478. The number of nitrogens with zero attached hydrogens (tertiary/aromatic N) is 2. The molecule has 1 aliphatic rings. The van der Waals surface area contributed by atoms with Gasteiger partial charge in [0.2, 0.25) is 0 Å². The van der Waals surface area contributed by atoms with Gasteiger partial charge in [-0.15, -0.1) is 0 Å². The molecule has 1 aliphatic heterocycles. The van der Waals surface area contributed by atoms with Gasteiger partial charge in [0, 0.05) is 43.4 Å². The van der Waals surface area contributed by atoms with Crippen LogP contribution in [0.5, 0.6) is 0 Å². The number of aromatic amines is 1. The highest BCUT2D eigenvalue weighted by Crippen LogP contribution is 2.18. The molecule has 0 unspecified atom stereocenters. The van der Waals surface area contributed by atoms with Gasteiger partial charge in [0.15, 0.2) is 0 Å². The van der Waals surface area contributed by atoms with Crippen molar-refractivity contribution in [2.75, 3.05) is 19.7 Å². The molecule has 4 heteroatoms. The number of hydrogen-bond donors (Lipinski definition) is 2. The monoisotopic (exact) mass is 181 g/mol. The maximum atomic E-state index is 8.84. The molecule has 0 amide bonds. The van der Waals surface area contributed by atoms with E-state index in [1.807, 2.05) is 13.1 Å². The Morgan fingerprint density at radius 2 is 2.46 bits per heavy atom. The standard InChI is InChI=1S/C9H15N3O/c1-7-9(2-10-11-7)5-12-3-8(4-12)6-13/h2,8,13H,3-6H2,1H3,(H,10,11). The van der Waals surface area contributed by atoms with Crippen LogP contribution >= 0.6 is 0 Å². The first-order valence-corrected chi connectivity index (χ1v) is 4.61. The summed E-state index contributed by atoms with van der Waals surface area (Å²) in [5, 5.41) is 15.7. The average molecular weight is 181 g/mol. The third kappa shape index (κ3) is 1.73. The fourth-order valence-electron chi connectivity index (χ4n) is 1.70. The number of aliphatic hydroxyl groups is 1. The van der Waals surface area contributed by atoms with Gasteiger partial charge in [-0.1, -0.05) is 0 Å². The number of hydrogen-bond acceptors (Lipinski definition) is 3. The smallest absolute Gasteiger partial charge is 0.0535 e. The van der Waals surface area contributed by atoms with Gasteiger partial charge in [-0.2, -0.15) is 5.10 Å². The van der Waals surface area contributed by atoms with E-state index in [2.05, 4.69) is 15.1 Å². The predicted molar refractivity (Wildman–Crippen MR) is 49.2 cm³/mol. The summed E-state index contributed by atoms with van der Waals surface area (Å²) in [6.07, 6.45) is 1.88. The summed E-state index contributed by atoms with van der Waals surface area (Å²) in [5.41, 5.74) is 2.41. The van der Waals surface area contributed by atoms with E-state index in [1.54, 1.807) is 0 Å². The van der Waals surface area contributed by atoms with Gasteiger partial charge in [0.25, 0.3) is 0 Å². The SMILES string of the molecule is Cc1[nH]ncc1CN1CC(CO)C1. The van der Waals surface area contributed by atoms with Crippen LogP contribution < -0.4 is 0 Å². The molecule has 13 heavy (non-hydrogen) atoms. The van der Waals surface area contributed by atoms with Crippen molar-refractivity contribution in [1.82, 2.24) is 15.1 Å². The Balaban J connectivity index is 1.84. The molecule has 0 aromatic carbocycles. The van der Waals surface area contributed by atoms with Gasteiger partial charge in [-0.25, -0.2) is 0 Å². The van der Waals surface area contributed by atoms with E-state index in [-0.39, 0.29) is 0 Å². The van der Waals surface area contributed by atoms with Gasteiger partial charge in [0.1, 0.15) is 0 Å². The molecule has 1 aromatic heterocycles. The van der Waals surface area contributed by atoms with Crippen LogP contribution in [-0.4, -0.2) is 39.9 Å². The van der Waals surface area contributed by atoms with Crippen molar-refractivity contribution in [2.45, 2.75) is 13.5 Å². The number of aliphatic hydroxyl groups excluding tert-OH is 1. The number of nitrogens with one attached hydrogen (secondary N) is 1. The predicted octanol–water partition coefficient (Wildman–Crippen LogP) is 0.142. The second-order valence-electron chi connectivity index (χ2n) is 3.76. The Morgan fingerprint density at radius 1 is 1.69 bits per heavy atom. The van der Waals surface area contributed by atoms with E-state index in [4.69, 9.17) is 5.11 Å². The van der Waals surface area contributed by atoms with Gasteiger partial charge in [-0.3, -0.25) is 10.00 Å². The molecular formula is C9H15N3O. The number of rotatable bonds is 3. The summed E-state index contributed by atoms with van der Waals surface area (Å²) in [5.74, 6) is 0.493. The lowest BCUT2D eigenvalue weighted by atomic mass is 10.0. The van der Waals surface area contributed by atoms with Crippen LogP contribution in [0.2, 0.25) is 0 Å². The fraction of sp³-hybridized carbons (Fsp3) is 0.667. The van der Waals surface area contributed by atoms with Gasteiger partial charge >= 0.3 is 0 Å². The van der Waals surface area contributed by atoms with Crippen LogP contribution in [0.1, 0.15) is 11.3 Å². The summed E-state index contributed by atoms with van der Waals surface area (Å²) < 4.78 is 0. The van der Waals surface area contributed by atoms with E-state index >= 15 is 0 Å². The second-order valence-corrected chi connectivity index (χ2v) is 3.76. The van der Waals surface area contributed by atoms with E-state index in [0.29, 0.717) is 12.5 Å². The summed E-state index contributed by atoms with van der Waals surface area (Å²) >= 11 is 0. The zero-order valence-corrected chi connectivity index (χ0v) is 7.82. The molecule has 0 radical (unpaired) electrons. The van der Waals surface area contributed by atoms with Crippen LogP contribution in [0.25, 0.3) is 0 Å². The maximum Gasteiger partial charge on any atom is 0.0535 e. The molecule has 2 N–H and O–H groups in total.